The number of benzene rings is 1. The zero-order valence-electron chi connectivity index (χ0n) is 13.2. The average molecular weight is 324 g/mol. The molecule has 2 N–H and O–H groups in total. The van der Waals surface area contributed by atoms with Crippen LogP contribution in [0.2, 0.25) is 0 Å². The van der Waals surface area contributed by atoms with Gasteiger partial charge in [-0.2, -0.15) is 0 Å². The maximum Gasteiger partial charge on any atom is 0.317 e. The van der Waals surface area contributed by atoms with Crippen LogP contribution in [0.1, 0.15) is 38.2 Å². The van der Waals surface area contributed by atoms with Gasteiger partial charge in [-0.3, -0.25) is 0 Å². The van der Waals surface area contributed by atoms with Gasteiger partial charge >= 0.3 is 6.03 Å². The summed E-state index contributed by atoms with van der Waals surface area (Å²) in [6, 6.07) is 3.32. The number of amides is 2. The van der Waals surface area contributed by atoms with Crippen LogP contribution in [-0.2, 0) is 6.42 Å². The molecule has 2 fully saturated rings. The first-order valence-corrected chi connectivity index (χ1v) is 8.14. The predicted molar refractivity (Wildman–Crippen MR) is 82.0 cm³/mol. The van der Waals surface area contributed by atoms with Gasteiger partial charge in [-0.15, -0.1) is 0 Å². The molecule has 6 heteroatoms. The fourth-order valence-electron chi connectivity index (χ4n) is 4.06. The van der Waals surface area contributed by atoms with Crippen LogP contribution in [0.15, 0.2) is 18.2 Å². The Hall–Kier alpha value is -1.69. The second-order valence-corrected chi connectivity index (χ2v) is 6.67. The number of aliphatic hydroxyl groups is 1. The number of halogens is 2. The average Bonchev–Trinajstić information content (AvgIpc) is 2.76. The Morgan fingerprint density at radius 2 is 2.00 bits per heavy atom. The fourth-order valence-corrected chi connectivity index (χ4v) is 4.06. The molecule has 126 valence electrons. The predicted octanol–water partition coefficient (Wildman–Crippen LogP) is 2.59. The van der Waals surface area contributed by atoms with Crippen LogP contribution in [0, 0.1) is 11.6 Å². The first kappa shape index (κ1) is 16.2. The van der Waals surface area contributed by atoms with Crippen LogP contribution in [0.5, 0.6) is 0 Å². The summed E-state index contributed by atoms with van der Waals surface area (Å²) in [5.74, 6) is -1.25. The highest BCUT2D eigenvalue weighted by molar-refractivity contribution is 5.75. The van der Waals surface area contributed by atoms with Gasteiger partial charge in [0.15, 0.2) is 0 Å². The summed E-state index contributed by atoms with van der Waals surface area (Å²) in [6.07, 6.45) is 2.72. The Kier molecular flexibility index (Phi) is 4.27. The normalized spacial score (nSPS) is 29.7. The lowest BCUT2D eigenvalue weighted by atomic mass is 9.81. The molecule has 0 radical (unpaired) electrons. The molecule has 2 atom stereocenters. The van der Waals surface area contributed by atoms with Crippen molar-refractivity contribution in [1.29, 1.82) is 0 Å². The Morgan fingerprint density at radius 1 is 1.35 bits per heavy atom. The summed E-state index contributed by atoms with van der Waals surface area (Å²) in [5.41, 5.74) is -0.729. The molecule has 1 aromatic rings. The molecule has 0 aromatic heterocycles. The molecule has 2 bridgehead atoms. The van der Waals surface area contributed by atoms with E-state index >= 15 is 0 Å². The van der Waals surface area contributed by atoms with Crippen molar-refractivity contribution < 1.29 is 18.7 Å². The largest absolute Gasteiger partial charge is 0.389 e. The van der Waals surface area contributed by atoms with Gasteiger partial charge < -0.3 is 15.3 Å². The van der Waals surface area contributed by atoms with Crippen molar-refractivity contribution in [2.45, 2.75) is 56.7 Å². The van der Waals surface area contributed by atoms with Crippen molar-refractivity contribution in [3.05, 3.63) is 35.4 Å². The highest BCUT2D eigenvalue weighted by Crippen LogP contribution is 2.42. The number of nitrogens with zero attached hydrogens (tertiary/aromatic N) is 1. The van der Waals surface area contributed by atoms with E-state index in [1.165, 1.54) is 12.1 Å². The number of hydrogen-bond acceptors (Lipinski definition) is 2. The number of rotatable bonds is 3. The van der Waals surface area contributed by atoms with Crippen molar-refractivity contribution >= 4 is 6.03 Å². The van der Waals surface area contributed by atoms with E-state index in [0.29, 0.717) is 24.9 Å². The Labute approximate surface area is 134 Å². The van der Waals surface area contributed by atoms with E-state index in [4.69, 9.17) is 0 Å². The van der Waals surface area contributed by atoms with Gasteiger partial charge in [0.1, 0.15) is 11.6 Å². The fraction of sp³-hybridized carbons (Fsp3) is 0.588. The lowest BCUT2D eigenvalue weighted by Crippen LogP contribution is -2.56. The number of hydrogen-bond donors (Lipinski definition) is 2. The van der Waals surface area contributed by atoms with Gasteiger partial charge in [0.05, 0.1) is 5.60 Å². The quantitative estimate of drug-likeness (QED) is 0.898. The topological polar surface area (TPSA) is 52.6 Å². The smallest absolute Gasteiger partial charge is 0.317 e. The van der Waals surface area contributed by atoms with E-state index in [9.17, 15) is 18.7 Å². The van der Waals surface area contributed by atoms with E-state index < -0.39 is 17.2 Å². The minimum Gasteiger partial charge on any atom is -0.389 e. The minimum atomic E-state index is -1.05. The molecule has 2 heterocycles. The van der Waals surface area contributed by atoms with Crippen LogP contribution in [-0.4, -0.2) is 40.3 Å². The first-order valence-electron chi connectivity index (χ1n) is 8.14. The molecule has 0 spiro atoms. The van der Waals surface area contributed by atoms with E-state index in [1.54, 1.807) is 0 Å². The van der Waals surface area contributed by atoms with E-state index in [1.807, 2.05) is 11.8 Å². The van der Waals surface area contributed by atoms with Gasteiger partial charge in [0.25, 0.3) is 0 Å². The zero-order valence-corrected chi connectivity index (χ0v) is 13.2. The lowest BCUT2D eigenvalue weighted by molar-refractivity contribution is -0.0386. The van der Waals surface area contributed by atoms with E-state index in [-0.39, 0.29) is 24.5 Å². The molecule has 0 saturated carbocycles. The lowest BCUT2D eigenvalue weighted by Gasteiger charge is -2.43. The molecule has 0 unspecified atom stereocenters. The molecule has 1 aromatic carbocycles. The van der Waals surface area contributed by atoms with Gasteiger partial charge in [0, 0.05) is 31.1 Å². The molecule has 4 nitrogen and oxygen atoms in total. The molecule has 0 aliphatic carbocycles. The molecular weight excluding hydrogens is 302 g/mol. The van der Waals surface area contributed by atoms with Crippen molar-refractivity contribution in [2.24, 2.45) is 0 Å². The second-order valence-electron chi connectivity index (χ2n) is 6.67. The standard InChI is InChI=1S/C17H22F2N2O2/c1-2-20-16(22)21-13-5-6-14(21)10-17(23,9-13)8-11-3-4-12(18)7-15(11)19/h3-4,7,13-14,23H,2,5-6,8-10H2,1H3,(H,20,22)/t13-,14-/m0/s1. The summed E-state index contributed by atoms with van der Waals surface area (Å²) in [4.78, 5) is 14.0. The summed E-state index contributed by atoms with van der Waals surface area (Å²) >= 11 is 0. The van der Waals surface area contributed by atoms with Crippen molar-refractivity contribution in [2.75, 3.05) is 6.54 Å². The molecule has 2 saturated heterocycles. The van der Waals surface area contributed by atoms with E-state index in [0.717, 1.165) is 18.9 Å². The molecule has 3 rings (SSSR count). The van der Waals surface area contributed by atoms with E-state index in [2.05, 4.69) is 5.32 Å². The molecule has 23 heavy (non-hydrogen) atoms. The van der Waals surface area contributed by atoms with Gasteiger partial charge in [-0.25, -0.2) is 13.6 Å². The third-order valence-electron chi connectivity index (χ3n) is 4.95. The summed E-state index contributed by atoms with van der Waals surface area (Å²) < 4.78 is 26.9. The number of piperidine rings is 1. The maximum absolute atomic E-state index is 13.9. The molecule has 2 aliphatic heterocycles. The molecule has 2 amide bonds. The third-order valence-corrected chi connectivity index (χ3v) is 4.95. The molecular formula is C17H22F2N2O2. The SMILES string of the molecule is CCNC(=O)N1[C@H]2CC[C@H]1CC(O)(Cc1ccc(F)cc1F)C2. The first-order chi connectivity index (χ1) is 10.9. The molecule has 2 aliphatic rings. The number of urea groups is 1. The number of carbonyl (C=O) groups excluding carboxylic acids is 1. The number of fused-ring (bicyclic) bond motifs is 2. The van der Waals surface area contributed by atoms with Crippen LogP contribution in [0.4, 0.5) is 13.6 Å². The summed E-state index contributed by atoms with van der Waals surface area (Å²) in [7, 11) is 0. The van der Waals surface area contributed by atoms with Crippen LogP contribution < -0.4 is 5.32 Å². The highest BCUT2D eigenvalue weighted by Gasteiger charge is 2.49. The zero-order chi connectivity index (χ0) is 16.6. The Bertz CT molecular complexity index is 594. The van der Waals surface area contributed by atoms with Crippen LogP contribution in [0.25, 0.3) is 0 Å². The van der Waals surface area contributed by atoms with Gasteiger partial charge in [-0.05, 0) is 44.2 Å². The monoisotopic (exact) mass is 324 g/mol. The summed E-state index contributed by atoms with van der Waals surface area (Å²) in [5, 5.41) is 13.7. The Morgan fingerprint density at radius 3 is 2.57 bits per heavy atom. The van der Waals surface area contributed by atoms with Crippen LogP contribution in [0.3, 0.4) is 0 Å². The van der Waals surface area contributed by atoms with Gasteiger partial charge in [0.2, 0.25) is 0 Å². The Balaban J connectivity index is 1.74. The van der Waals surface area contributed by atoms with Gasteiger partial charge in [-0.1, -0.05) is 6.07 Å². The third kappa shape index (κ3) is 3.17. The number of nitrogens with one attached hydrogen (secondary N) is 1. The summed E-state index contributed by atoms with van der Waals surface area (Å²) in [6.45, 7) is 2.44. The minimum absolute atomic E-state index is 0.0196. The van der Waals surface area contributed by atoms with Crippen molar-refractivity contribution in [1.82, 2.24) is 10.2 Å². The second kappa shape index (κ2) is 6.07. The van der Waals surface area contributed by atoms with Crippen molar-refractivity contribution in [3.8, 4) is 0 Å². The highest BCUT2D eigenvalue weighted by atomic mass is 19.1. The van der Waals surface area contributed by atoms with Crippen LogP contribution >= 0.6 is 0 Å². The maximum atomic E-state index is 13.9. The van der Waals surface area contributed by atoms with Crippen molar-refractivity contribution in [3.63, 3.8) is 0 Å². The number of carbonyl (C=O) groups is 1.